The van der Waals surface area contributed by atoms with E-state index in [0.29, 0.717) is 22.1 Å². The summed E-state index contributed by atoms with van der Waals surface area (Å²) in [6, 6.07) is 8.37. The number of aldehydes is 1. The van der Waals surface area contributed by atoms with Crippen LogP contribution in [0.3, 0.4) is 0 Å². The molecule has 0 heterocycles. The lowest BCUT2D eigenvalue weighted by Gasteiger charge is -2.08. The fraction of sp³-hybridized carbons (Fsp3) is 0. The van der Waals surface area contributed by atoms with Gasteiger partial charge in [0, 0.05) is 16.7 Å². The maximum absolute atomic E-state index is 13.2. The minimum atomic E-state index is -0.556. The number of rotatable bonds is 3. The van der Waals surface area contributed by atoms with Crippen LogP contribution < -0.4 is 4.74 Å². The average Bonchev–Trinajstić information content (AvgIpc) is 2.32. The number of halogens is 3. The first-order valence-electron chi connectivity index (χ1n) is 4.97. The molecular formula is C13H7Cl2FO2. The summed E-state index contributed by atoms with van der Waals surface area (Å²) in [6.45, 7) is 0. The summed E-state index contributed by atoms with van der Waals surface area (Å²) in [5, 5.41) is 0.777. The minimum Gasteiger partial charge on any atom is -0.456 e. The molecule has 2 rings (SSSR count). The lowest BCUT2D eigenvalue weighted by molar-refractivity contribution is 0.112. The standard InChI is InChI=1S/C13H7Cl2FO2/c14-9-1-2-13(12(15)5-9)18-11-4-8(7-17)3-10(16)6-11/h1-7H. The Labute approximate surface area is 113 Å². The molecule has 0 aromatic heterocycles. The van der Waals surface area contributed by atoms with E-state index in [1.54, 1.807) is 12.1 Å². The van der Waals surface area contributed by atoms with Crippen molar-refractivity contribution >= 4 is 29.5 Å². The van der Waals surface area contributed by atoms with E-state index in [4.69, 9.17) is 27.9 Å². The van der Waals surface area contributed by atoms with Crippen LogP contribution in [0.5, 0.6) is 11.5 Å². The highest BCUT2D eigenvalue weighted by atomic mass is 35.5. The van der Waals surface area contributed by atoms with Gasteiger partial charge in [0.15, 0.2) is 0 Å². The van der Waals surface area contributed by atoms with Crippen LogP contribution in [0.4, 0.5) is 4.39 Å². The summed E-state index contributed by atoms with van der Waals surface area (Å²) in [5.41, 5.74) is 0.190. The molecule has 5 heteroatoms. The van der Waals surface area contributed by atoms with Crippen LogP contribution in [0.2, 0.25) is 10.0 Å². The lowest BCUT2D eigenvalue weighted by atomic mass is 10.2. The van der Waals surface area contributed by atoms with Gasteiger partial charge in [0.05, 0.1) is 5.02 Å². The van der Waals surface area contributed by atoms with Gasteiger partial charge < -0.3 is 4.74 Å². The quantitative estimate of drug-likeness (QED) is 0.761. The number of benzene rings is 2. The Bertz CT molecular complexity index is 600. The molecule has 2 aromatic rings. The van der Waals surface area contributed by atoms with Crippen molar-refractivity contribution in [1.29, 1.82) is 0 Å². The Kier molecular flexibility index (Phi) is 3.84. The molecule has 0 saturated heterocycles. The van der Waals surface area contributed by atoms with Crippen molar-refractivity contribution in [3.8, 4) is 11.5 Å². The van der Waals surface area contributed by atoms with Crippen molar-refractivity contribution in [2.45, 2.75) is 0 Å². The van der Waals surface area contributed by atoms with Gasteiger partial charge in [-0.1, -0.05) is 23.2 Å². The predicted octanol–water partition coefficient (Wildman–Crippen LogP) is 4.74. The van der Waals surface area contributed by atoms with Crippen LogP contribution in [0.1, 0.15) is 10.4 Å². The van der Waals surface area contributed by atoms with E-state index in [1.165, 1.54) is 12.1 Å². The lowest BCUT2D eigenvalue weighted by Crippen LogP contribution is -1.89. The topological polar surface area (TPSA) is 26.3 Å². The molecular weight excluding hydrogens is 278 g/mol. The van der Waals surface area contributed by atoms with Crippen molar-refractivity contribution in [1.82, 2.24) is 0 Å². The van der Waals surface area contributed by atoms with Crippen molar-refractivity contribution in [3.05, 3.63) is 57.8 Å². The molecule has 0 spiro atoms. The van der Waals surface area contributed by atoms with Crippen LogP contribution in [0, 0.1) is 5.82 Å². The van der Waals surface area contributed by atoms with Crippen LogP contribution in [0.15, 0.2) is 36.4 Å². The maximum Gasteiger partial charge on any atom is 0.150 e. The molecule has 0 atom stereocenters. The molecule has 0 radical (unpaired) electrons. The first-order chi connectivity index (χ1) is 8.58. The smallest absolute Gasteiger partial charge is 0.150 e. The highest BCUT2D eigenvalue weighted by Gasteiger charge is 2.06. The Morgan fingerprint density at radius 2 is 1.89 bits per heavy atom. The fourth-order valence-electron chi connectivity index (χ4n) is 1.40. The van der Waals surface area contributed by atoms with Crippen LogP contribution in [-0.2, 0) is 0 Å². The van der Waals surface area contributed by atoms with Gasteiger partial charge in [0.2, 0.25) is 0 Å². The van der Waals surface area contributed by atoms with E-state index in [1.807, 2.05) is 0 Å². The molecule has 0 bridgehead atoms. The van der Waals surface area contributed by atoms with Crippen molar-refractivity contribution in [2.24, 2.45) is 0 Å². The van der Waals surface area contributed by atoms with Gasteiger partial charge in [-0.3, -0.25) is 4.79 Å². The normalized spacial score (nSPS) is 10.2. The van der Waals surface area contributed by atoms with Crippen molar-refractivity contribution in [2.75, 3.05) is 0 Å². The van der Waals surface area contributed by atoms with E-state index >= 15 is 0 Å². The molecule has 0 saturated carbocycles. The van der Waals surface area contributed by atoms with E-state index in [2.05, 4.69) is 0 Å². The highest BCUT2D eigenvalue weighted by molar-refractivity contribution is 6.35. The number of hydrogen-bond acceptors (Lipinski definition) is 2. The zero-order valence-electron chi connectivity index (χ0n) is 8.99. The second-order valence-corrected chi connectivity index (χ2v) is 4.36. The molecule has 2 aromatic carbocycles. The number of ether oxygens (including phenoxy) is 1. The van der Waals surface area contributed by atoms with Gasteiger partial charge in [-0.2, -0.15) is 0 Å². The Morgan fingerprint density at radius 3 is 2.56 bits per heavy atom. The largest absolute Gasteiger partial charge is 0.456 e. The first kappa shape index (κ1) is 12.9. The van der Waals surface area contributed by atoms with Gasteiger partial charge in [0.1, 0.15) is 23.6 Å². The van der Waals surface area contributed by atoms with Crippen LogP contribution in [-0.4, -0.2) is 6.29 Å². The molecule has 18 heavy (non-hydrogen) atoms. The van der Waals surface area contributed by atoms with Crippen molar-refractivity contribution < 1.29 is 13.9 Å². The van der Waals surface area contributed by atoms with Gasteiger partial charge in [-0.15, -0.1) is 0 Å². The second kappa shape index (κ2) is 5.38. The number of hydrogen-bond donors (Lipinski definition) is 0. The summed E-state index contributed by atoms with van der Waals surface area (Å²) in [4.78, 5) is 10.6. The molecule has 0 N–H and O–H groups in total. The van der Waals surface area contributed by atoms with E-state index in [0.717, 1.165) is 12.1 Å². The molecule has 0 aliphatic carbocycles. The third kappa shape index (κ3) is 3.00. The van der Waals surface area contributed by atoms with Gasteiger partial charge in [-0.05, 0) is 30.3 Å². The van der Waals surface area contributed by atoms with E-state index < -0.39 is 5.82 Å². The molecule has 0 aliphatic rings. The van der Waals surface area contributed by atoms with Gasteiger partial charge in [0.25, 0.3) is 0 Å². The van der Waals surface area contributed by atoms with E-state index in [-0.39, 0.29) is 11.3 Å². The van der Waals surface area contributed by atoms with Crippen LogP contribution >= 0.6 is 23.2 Å². The molecule has 0 unspecified atom stereocenters. The fourth-order valence-corrected chi connectivity index (χ4v) is 1.84. The number of carbonyl (C=O) groups excluding carboxylic acids is 1. The summed E-state index contributed by atoms with van der Waals surface area (Å²) in [6.07, 6.45) is 0.541. The van der Waals surface area contributed by atoms with Crippen LogP contribution in [0.25, 0.3) is 0 Å². The summed E-state index contributed by atoms with van der Waals surface area (Å²) < 4.78 is 18.6. The molecule has 0 fully saturated rings. The second-order valence-electron chi connectivity index (χ2n) is 3.51. The Hall–Kier alpha value is -1.58. The Balaban J connectivity index is 2.33. The third-order valence-corrected chi connectivity index (χ3v) is 2.68. The van der Waals surface area contributed by atoms with Gasteiger partial charge >= 0.3 is 0 Å². The SMILES string of the molecule is O=Cc1cc(F)cc(Oc2ccc(Cl)cc2Cl)c1. The first-order valence-corrected chi connectivity index (χ1v) is 5.73. The minimum absolute atomic E-state index is 0.190. The zero-order valence-corrected chi connectivity index (χ0v) is 10.5. The number of carbonyl (C=O) groups is 1. The molecule has 2 nitrogen and oxygen atoms in total. The summed E-state index contributed by atoms with van der Waals surface area (Å²) in [5.74, 6) is -0.0236. The average molecular weight is 285 g/mol. The zero-order chi connectivity index (χ0) is 13.1. The van der Waals surface area contributed by atoms with Crippen molar-refractivity contribution in [3.63, 3.8) is 0 Å². The maximum atomic E-state index is 13.2. The monoisotopic (exact) mass is 284 g/mol. The molecule has 0 aliphatic heterocycles. The summed E-state index contributed by atoms with van der Waals surface area (Å²) >= 11 is 11.7. The predicted molar refractivity (Wildman–Crippen MR) is 68.3 cm³/mol. The third-order valence-electron chi connectivity index (χ3n) is 2.15. The Morgan fingerprint density at radius 1 is 1.11 bits per heavy atom. The van der Waals surface area contributed by atoms with E-state index in [9.17, 15) is 9.18 Å². The van der Waals surface area contributed by atoms with Gasteiger partial charge in [-0.25, -0.2) is 4.39 Å². The summed E-state index contributed by atoms with van der Waals surface area (Å²) in [7, 11) is 0. The highest BCUT2D eigenvalue weighted by Crippen LogP contribution is 2.32. The molecule has 0 amide bonds. The molecule has 92 valence electrons.